The molecule has 0 aliphatic carbocycles. The zero-order valence-electron chi connectivity index (χ0n) is 9.32. The largest absolute Gasteiger partial charge is 0.369 e. The van der Waals surface area contributed by atoms with E-state index < -0.39 is 0 Å². The molecule has 1 rings (SSSR count). The lowest BCUT2D eigenvalue weighted by molar-refractivity contribution is 0.291. The van der Waals surface area contributed by atoms with Crippen LogP contribution in [-0.2, 0) is 6.54 Å². The highest BCUT2D eigenvalue weighted by Crippen LogP contribution is 2.03. The van der Waals surface area contributed by atoms with Crippen molar-refractivity contribution in [1.82, 2.24) is 14.5 Å². The third-order valence-corrected chi connectivity index (χ3v) is 2.48. The molecule has 0 spiro atoms. The number of hydrogen-bond acceptors (Lipinski definition) is 3. The highest BCUT2D eigenvalue weighted by Gasteiger charge is 2.03. The Labute approximate surface area is 85.7 Å². The Kier molecular flexibility index (Phi) is 3.95. The van der Waals surface area contributed by atoms with Gasteiger partial charge in [0.1, 0.15) is 0 Å². The average molecular weight is 196 g/mol. The molecule has 0 unspecified atom stereocenters. The van der Waals surface area contributed by atoms with Gasteiger partial charge in [0, 0.05) is 19.3 Å². The standard InChI is InChI=1S/C10H20N4/c1-4-13(5-2)6-7-14-8-9(3)12-10(14)11/h8H,4-7H2,1-3H3,(H2,11,12). The summed E-state index contributed by atoms with van der Waals surface area (Å²) >= 11 is 0. The van der Waals surface area contributed by atoms with E-state index in [1.165, 1.54) is 0 Å². The van der Waals surface area contributed by atoms with Gasteiger partial charge in [0.25, 0.3) is 0 Å². The van der Waals surface area contributed by atoms with Crippen LogP contribution in [0.2, 0.25) is 0 Å². The zero-order chi connectivity index (χ0) is 10.6. The quantitative estimate of drug-likeness (QED) is 0.767. The maximum absolute atomic E-state index is 5.74. The summed E-state index contributed by atoms with van der Waals surface area (Å²) in [5.74, 6) is 0.620. The van der Waals surface area contributed by atoms with E-state index in [1.54, 1.807) is 0 Å². The number of imidazole rings is 1. The van der Waals surface area contributed by atoms with Gasteiger partial charge in [0.15, 0.2) is 5.95 Å². The van der Waals surface area contributed by atoms with Gasteiger partial charge in [-0.1, -0.05) is 13.8 Å². The summed E-state index contributed by atoms with van der Waals surface area (Å²) in [4.78, 5) is 6.53. The van der Waals surface area contributed by atoms with Crippen molar-refractivity contribution >= 4 is 5.95 Å². The van der Waals surface area contributed by atoms with Crippen molar-refractivity contribution in [3.63, 3.8) is 0 Å². The van der Waals surface area contributed by atoms with Gasteiger partial charge in [-0.25, -0.2) is 4.98 Å². The van der Waals surface area contributed by atoms with E-state index in [0.29, 0.717) is 5.95 Å². The Hall–Kier alpha value is -1.03. The van der Waals surface area contributed by atoms with Crippen molar-refractivity contribution in [2.45, 2.75) is 27.3 Å². The number of rotatable bonds is 5. The molecule has 0 saturated carbocycles. The fourth-order valence-corrected chi connectivity index (χ4v) is 1.53. The fraction of sp³-hybridized carbons (Fsp3) is 0.700. The summed E-state index contributed by atoms with van der Waals surface area (Å²) in [6, 6.07) is 0. The molecular weight excluding hydrogens is 176 g/mol. The molecule has 0 atom stereocenters. The van der Waals surface area contributed by atoms with E-state index >= 15 is 0 Å². The normalized spacial score (nSPS) is 11.1. The molecular formula is C10H20N4. The molecule has 0 fully saturated rings. The Morgan fingerprint density at radius 2 is 2.07 bits per heavy atom. The van der Waals surface area contributed by atoms with E-state index in [2.05, 4.69) is 23.7 Å². The zero-order valence-corrected chi connectivity index (χ0v) is 9.32. The lowest BCUT2D eigenvalue weighted by atomic mass is 10.4. The molecule has 1 heterocycles. The number of nitrogens with two attached hydrogens (primary N) is 1. The van der Waals surface area contributed by atoms with Gasteiger partial charge in [0.2, 0.25) is 0 Å². The van der Waals surface area contributed by atoms with Crippen molar-refractivity contribution in [3.8, 4) is 0 Å². The topological polar surface area (TPSA) is 47.1 Å². The third-order valence-electron chi connectivity index (χ3n) is 2.48. The summed E-state index contributed by atoms with van der Waals surface area (Å²) in [5.41, 5.74) is 6.73. The Morgan fingerprint density at radius 1 is 1.43 bits per heavy atom. The summed E-state index contributed by atoms with van der Waals surface area (Å²) < 4.78 is 2.01. The number of likely N-dealkylation sites (N-methyl/N-ethyl adjacent to an activating group) is 1. The first-order chi connectivity index (χ1) is 6.67. The van der Waals surface area contributed by atoms with Crippen LogP contribution in [0.1, 0.15) is 19.5 Å². The first kappa shape index (κ1) is 11.0. The first-order valence-corrected chi connectivity index (χ1v) is 5.19. The second-order valence-corrected chi connectivity index (χ2v) is 3.46. The second kappa shape index (κ2) is 5.00. The van der Waals surface area contributed by atoms with Crippen LogP contribution in [0.15, 0.2) is 6.20 Å². The van der Waals surface area contributed by atoms with E-state index in [-0.39, 0.29) is 0 Å². The lowest BCUT2D eigenvalue weighted by Gasteiger charge is -2.18. The number of aromatic nitrogens is 2. The van der Waals surface area contributed by atoms with Crippen molar-refractivity contribution in [3.05, 3.63) is 11.9 Å². The molecule has 0 aliphatic heterocycles. The minimum Gasteiger partial charge on any atom is -0.369 e. The second-order valence-electron chi connectivity index (χ2n) is 3.46. The predicted molar refractivity (Wildman–Crippen MR) is 59.2 cm³/mol. The van der Waals surface area contributed by atoms with Gasteiger partial charge >= 0.3 is 0 Å². The smallest absolute Gasteiger partial charge is 0.200 e. The van der Waals surface area contributed by atoms with Gasteiger partial charge in [0.05, 0.1) is 5.69 Å². The Bertz CT molecular complexity index is 276. The van der Waals surface area contributed by atoms with Crippen LogP contribution in [0, 0.1) is 6.92 Å². The molecule has 0 amide bonds. The van der Waals surface area contributed by atoms with Crippen LogP contribution >= 0.6 is 0 Å². The van der Waals surface area contributed by atoms with E-state index in [9.17, 15) is 0 Å². The SMILES string of the molecule is CCN(CC)CCn1cc(C)nc1N. The van der Waals surface area contributed by atoms with Crippen LogP contribution in [0.25, 0.3) is 0 Å². The summed E-state index contributed by atoms with van der Waals surface area (Å²) in [7, 11) is 0. The number of anilines is 1. The third kappa shape index (κ3) is 2.73. The van der Waals surface area contributed by atoms with Crippen LogP contribution in [0.5, 0.6) is 0 Å². The molecule has 0 bridgehead atoms. The van der Waals surface area contributed by atoms with Crippen molar-refractivity contribution in [1.29, 1.82) is 0 Å². The monoisotopic (exact) mass is 196 g/mol. The van der Waals surface area contributed by atoms with Crippen LogP contribution in [0.4, 0.5) is 5.95 Å². The van der Waals surface area contributed by atoms with Gasteiger partial charge in [-0.2, -0.15) is 0 Å². The number of nitrogen functional groups attached to an aromatic ring is 1. The molecule has 0 saturated heterocycles. The predicted octanol–water partition coefficient (Wildman–Crippen LogP) is 1.12. The average Bonchev–Trinajstić information content (AvgIpc) is 2.47. The molecule has 0 aromatic carbocycles. The highest BCUT2D eigenvalue weighted by atomic mass is 15.2. The molecule has 80 valence electrons. The van der Waals surface area contributed by atoms with Crippen LogP contribution in [-0.4, -0.2) is 34.1 Å². The minimum absolute atomic E-state index is 0.620. The maximum atomic E-state index is 5.74. The molecule has 2 N–H and O–H groups in total. The molecule has 1 aromatic heterocycles. The Morgan fingerprint density at radius 3 is 2.50 bits per heavy atom. The molecule has 0 radical (unpaired) electrons. The van der Waals surface area contributed by atoms with E-state index in [4.69, 9.17) is 5.73 Å². The summed E-state index contributed by atoms with van der Waals surface area (Å²) in [5, 5.41) is 0. The number of aryl methyl sites for hydroxylation is 1. The highest BCUT2D eigenvalue weighted by molar-refractivity contribution is 5.20. The lowest BCUT2D eigenvalue weighted by Crippen LogP contribution is -2.27. The van der Waals surface area contributed by atoms with Crippen LogP contribution < -0.4 is 5.73 Å². The fourth-order valence-electron chi connectivity index (χ4n) is 1.53. The van der Waals surface area contributed by atoms with Gasteiger partial charge in [-0.05, 0) is 20.0 Å². The Balaban J connectivity index is 2.48. The maximum Gasteiger partial charge on any atom is 0.200 e. The van der Waals surface area contributed by atoms with E-state index in [1.807, 2.05) is 17.7 Å². The molecule has 4 nitrogen and oxygen atoms in total. The minimum atomic E-state index is 0.620. The van der Waals surface area contributed by atoms with Crippen LogP contribution in [0.3, 0.4) is 0 Å². The van der Waals surface area contributed by atoms with Crippen molar-refractivity contribution in [2.75, 3.05) is 25.4 Å². The summed E-state index contributed by atoms with van der Waals surface area (Å²) in [6.07, 6.45) is 2.00. The molecule has 14 heavy (non-hydrogen) atoms. The number of hydrogen-bond donors (Lipinski definition) is 1. The van der Waals surface area contributed by atoms with Gasteiger partial charge in [-0.15, -0.1) is 0 Å². The first-order valence-electron chi connectivity index (χ1n) is 5.19. The molecule has 4 heteroatoms. The molecule has 1 aromatic rings. The summed E-state index contributed by atoms with van der Waals surface area (Å²) in [6.45, 7) is 10.4. The van der Waals surface area contributed by atoms with Gasteiger partial charge < -0.3 is 15.2 Å². The van der Waals surface area contributed by atoms with E-state index in [0.717, 1.165) is 31.9 Å². The molecule has 0 aliphatic rings. The van der Waals surface area contributed by atoms with Gasteiger partial charge in [-0.3, -0.25) is 0 Å². The number of nitrogens with zero attached hydrogens (tertiary/aromatic N) is 3. The van der Waals surface area contributed by atoms with Crippen molar-refractivity contribution in [2.24, 2.45) is 0 Å². The van der Waals surface area contributed by atoms with Crippen molar-refractivity contribution < 1.29 is 0 Å².